The van der Waals surface area contributed by atoms with Crippen molar-refractivity contribution in [1.82, 2.24) is 4.90 Å². The molecule has 2 aliphatic heterocycles. The Morgan fingerprint density at radius 1 is 1.33 bits per heavy atom. The molecule has 0 aromatic heterocycles. The maximum atomic E-state index is 11.6. The summed E-state index contributed by atoms with van der Waals surface area (Å²) in [5.41, 5.74) is 0. The van der Waals surface area contributed by atoms with Crippen LogP contribution in [0.2, 0.25) is 0 Å². The number of ether oxygens (including phenoxy) is 1. The highest BCUT2D eigenvalue weighted by Gasteiger charge is 2.46. The van der Waals surface area contributed by atoms with Gasteiger partial charge in [0.1, 0.15) is 12.2 Å². The highest BCUT2D eigenvalue weighted by molar-refractivity contribution is 6.02. The van der Waals surface area contributed by atoms with E-state index in [0.29, 0.717) is 12.8 Å². The molecule has 2 N–H and O–H groups in total. The van der Waals surface area contributed by atoms with Crippen molar-refractivity contribution < 1.29 is 24.5 Å². The molecule has 2 rings (SSSR count). The first-order chi connectivity index (χ1) is 7.13. The molecule has 6 nitrogen and oxygen atoms in total. The summed E-state index contributed by atoms with van der Waals surface area (Å²) in [5.74, 6) is -0.803. The summed E-state index contributed by atoms with van der Waals surface area (Å²) in [5, 5.41) is 17.9. The summed E-state index contributed by atoms with van der Waals surface area (Å²) in [4.78, 5) is 24.3. The first-order valence-electron chi connectivity index (χ1n) is 4.93. The van der Waals surface area contributed by atoms with E-state index in [9.17, 15) is 14.7 Å². The number of β-amino-alcohol motifs (C(OH)–C–C–N with tert-alkyl or cyclic N) is 1. The molecule has 3 unspecified atom stereocenters. The first kappa shape index (κ1) is 10.5. The molecule has 0 aliphatic carbocycles. The van der Waals surface area contributed by atoms with Gasteiger partial charge in [0.25, 0.3) is 11.8 Å². The molecule has 0 aromatic carbocycles. The molecule has 0 saturated carbocycles. The van der Waals surface area contributed by atoms with Crippen molar-refractivity contribution in [3.8, 4) is 0 Å². The quantitative estimate of drug-likeness (QED) is 0.545. The summed E-state index contributed by atoms with van der Waals surface area (Å²) in [6, 6.07) is 0. The molecule has 2 heterocycles. The second-order valence-electron chi connectivity index (χ2n) is 3.81. The lowest BCUT2D eigenvalue weighted by atomic mass is 10.2. The van der Waals surface area contributed by atoms with Crippen molar-refractivity contribution in [2.75, 3.05) is 13.2 Å². The number of imide groups is 1. The average molecular weight is 215 g/mol. The van der Waals surface area contributed by atoms with Gasteiger partial charge in [-0.2, -0.15) is 0 Å². The fourth-order valence-electron chi connectivity index (χ4n) is 1.91. The third-order valence-corrected chi connectivity index (χ3v) is 2.71. The molecule has 15 heavy (non-hydrogen) atoms. The van der Waals surface area contributed by atoms with E-state index in [4.69, 9.17) is 9.84 Å². The van der Waals surface area contributed by atoms with Gasteiger partial charge in [-0.15, -0.1) is 0 Å². The lowest BCUT2D eigenvalue weighted by Gasteiger charge is -2.30. The number of carbonyl (C=O) groups is 2. The SMILES string of the molecule is O=C1C2CCC(O2)C(=O)N1CC(O)CO. The maximum Gasteiger partial charge on any atom is 0.258 e. The van der Waals surface area contributed by atoms with Crippen LogP contribution in [0.15, 0.2) is 0 Å². The number of aliphatic hydroxyl groups excluding tert-OH is 2. The number of fused-ring (bicyclic) bond motifs is 2. The standard InChI is InChI=1S/C9H13NO5/c11-4-5(12)3-10-8(13)6-1-2-7(15-6)9(10)14/h5-7,11-12H,1-4H2. The molecule has 2 saturated heterocycles. The minimum atomic E-state index is -1.07. The Morgan fingerprint density at radius 2 is 1.87 bits per heavy atom. The molecule has 6 heteroatoms. The normalized spacial score (nSPS) is 32.3. The largest absolute Gasteiger partial charge is 0.394 e. The van der Waals surface area contributed by atoms with Crippen LogP contribution in [-0.4, -0.2) is 58.4 Å². The van der Waals surface area contributed by atoms with E-state index in [1.807, 2.05) is 0 Å². The number of morpholine rings is 1. The Hall–Kier alpha value is -0.980. The number of amides is 2. The van der Waals surface area contributed by atoms with E-state index in [1.54, 1.807) is 0 Å². The summed E-state index contributed by atoms with van der Waals surface area (Å²) in [6.07, 6.45) is -1.05. The van der Waals surface area contributed by atoms with Crippen molar-refractivity contribution in [1.29, 1.82) is 0 Å². The van der Waals surface area contributed by atoms with Crippen LogP contribution in [0.25, 0.3) is 0 Å². The van der Waals surface area contributed by atoms with Crippen LogP contribution in [0.3, 0.4) is 0 Å². The molecule has 0 spiro atoms. The van der Waals surface area contributed by atoms with Gasteiger partial charge in [-0.25, -0.2) is 0 Å². The molecule has 2 fully saturated rings. The second-order valence-corrected chi connectivity index (χ2v) is 3.81. The van der Waals surface area contributed by atoms with E-state index in [0.717, 1.165) is 4.90 Å². The number of nitrogens with zero attached hydrogens (tertiary/aromatic N) is 1. The molecule has 0 radical (unpaired) electrons. The van der Waals surface area contributed by atoms with Crippen LogP contribution in [0.5, 0.6) is 0 Å². The smallest absolute Gasteiger partial charge is 0.258 e. The Balaban J connectivity index is 2.10. The van der Waals surface area contributed by atoms with Gasteiger partial charge >= 0.3 is 0 Å². The van der Waals surface area contributed by atoms with Gasteiger partial charge in [0, 0.05) is 0 Å². The van der Waals surface area contributed by atoms with Crippen LogP contribution in [0.4, 0.5) is 0 Å². The number of hydrogen-bond acceptors (Lipinski definition) is 5. The third kappa shape index (κ3) is 1.75. The van der Waals surface area contributed by atoms with Crippen LogP contribution >= 0.6 is 0 Å². The Kier molecular flexibility index (Phi) is 2.72. The van der Waals surface area contributed by atoms with Gasteiger partial charge in [0.2, 0.25) is 0 Å². The van der Waals surface area contributed by atoms with E-state index >= 15 is 0 Å². The van der Waals surface area contributed by atoms with Crippen molar-refractivity contribution in [2.24, 2.45) is 0 Å². The van der Waals surface area contributed by atoms with Crippen molar-refractivity contribution >= 4 is 11.8 Å². The van der Waals surface area contributed by atoms with Crippen LogP contribution in [0.1, 0.15) is 12.8 Å². The highest BCUT2D eigenvalue weighted by atomic mass is 16.5. The van der Waals surface area contributed by atoms with E-state index in [-0.39, 0.29) is 6.54 Å². The van der Waals surface area contributed by atoms with Gasteiger partial charge in [0.05, 0.1) is 19.3 Å². The number of hydrogen-bond donors (Lipinski definition) is 2. The summed E-state index contributed by atoms with van der Waals surface area (Å²) < 4.78 is 5.18. The molecule has 84 valence electrons. The van der Waals surface area contributed by atoms with Crippen molar-refractivity contribution in [3.63, 3.8) is 0 Å². The minimum absolute atomic E-state index is 0.148. The molecular formula is C9H13NO5. The lowest BCUT2D eigenvalue weighted by Crippen LogP contribution is -2.54. The van der Waals surface area contributed by atoms with E-state index in [1.165, 1.54) is 0 Å². The van der Waals surface area contributed by atoms with E-state index < -0.39 is 36.7 Å². The predicted molar refractivity (Wildman–Crippen MR) is 47.7 cm³/mol. The second kappa shape index (κ2) is 3.88. The maximum absolute atomic E-state index is 11.6. The number of rotatable bonds is 3. The van der Waals surface area contributed by atoms with Crippen molar-refractivity contribution in [2.45, 2.75) is 31.2 Å². The Morgan fingerprint density at radius 3 is 2.33 bits per heavy atom. The Bertz CT molecular complexity index is 270. The lowest BCUT2D eigenvalue weighted by molar-refractivity contribution is -0.170. The fourth-order valence-corrected chi connectivity index (χ4v) is 1.91. The first-order valence-corrected chi connectivity index (χ1v) is 4.93. The monoisotopic (exact) mass is 215 g/mol. The molecule has 2 bridgehead atoms. The number of likely N-dealkylation sites (tertiary alicyclic amines) is 1. The summed E-state index contributed by atoms with van der Waals surface area (Å²) in [7, 11) is 0. The molecule has 2 aliphatic rings. The van der Waals surface area contributed by atoms with Crippen LogP contribution in [0, 0.1) is 0 Å². The van der Waals surface area contributed by atoms with Gasteiger partial charge in [-0.3, -0.25) is 14.5 Å². The van der Waals surface area contributed by atoms with Gasteiger partial charge in [-0.05, 0) is 12.8 Å². The van der Waals surface area contributed by atoms with Gasteiger partial charge in [-0.1, -0.05) is 0 Å². The average Bonchev–Trinajstić information content (AvgIpc) is 2.68. The minimum Gasteiger partial charge on any atom is -0.394 e. The molecule has 2 amide bonds. The molecule has 3 atom stereocenters. The zero-order valence-corrected chi connectivity index (χ0v) is 8.13. The Labute approximate surface area is 86.4 Å². The number of aliphatic hydroxyl groups is 2. The fraction of sp³-hybridized carbons (Fsp3) is 0.778. The van der Waals surface area contributed by atoms with Gasteiger partial charge < -0.3 is 14.9 Å². The number of carbonyl (C=O) groups excluding carboxylic acids is 2. The summed E-state index contributed by atoms with van der Waals surface area (Å²) >= 11 is 0. The van der Waals surface area contributed by atoms with Crippen LogP contribution in [-0.2, 0) is 14.3 Å². The van der Waals surface area contributed by atoms with Gasteiger partial charge in [0.15, 0.2) is 0 Å². The molecular weight excluding hydrogens is 202 g/mol. The van der Waals surface area contributed by atoms with E-state index in [2.05, 4.69) is 0 Å². The molecule has 0 aromatic rings. The van der Waals surface area contributed by atoms with Crippen molar-refractivity contribution in [3.05, 3.63) is 0 Å². The topological polar surface area (TPSA) is 87.1 Å². The van der Waals surface area contributed by atoms with Crippen LogP contribution < -0.4 is 0 Å². The summed E-state index contributed by atoms with van der Waals surface area (Å²) in [6.45, 7) is -0.613. The zero-order valence-electron chi connectivity index (χ0n) is 8.13. The predicted octanol–water partition coefficient (Wildman–Crippen LogP) is -1.74. The zero-order chi connectivity index (χ0) is 11.0. The third-order valence-electron chi connectivity index (χ3n) is 2.71. The highest BCUT2D eigenvalue weighted by Crippen LogP contribution is 2.28.